The molecule has 0 unspecified atom stereocenters. The molecule has 26 heavy (non-hydrogen) atoms. The van der Waals surface area contributed by atoms with Crippen molar-refractivity contribution in [1.29, 1.82) is 0 Å². The van der Waals surface area contributed by atoms with E-state index in [0.29, 0.717) is 11.4 Å². The second-order valence-electron chi connectivity index (χ2n) is 6.89. The highest BCUT2D eigenvalue weighted by Crippen LogP contribution is 2.16. The summed E-state index contributed by atoms with van der Waals surface area (Å²) in [4.78, 5) is 27.9. The second kappa shape index (κ2) is 8.07. The zero-order chi connectivity index (χ0) is 19.3. The summed E-state index contributed by atoms with van der Waals surface area (Å²) < 4.78 is 23.1. The van der Waals surface area contributed by atoms with Gasteiger partial charge in [-0.2, -0.15) is 4.98 Å². The van der Waals surface area contributed by atoms with Crippen molar-refractivity contribution in [3.8, 4) is 11.4 Å². The molecule has 0 aliphatic carbocycles. The van der Waals surface area contributed by atoms with Crippen molar-refractivity contribution in [3.63, 3.8) is 0 Å². The summed E-state index contributed by atoms with van der Waals surface area (Å²) in [5.74, 6) is -0.686. The Balaban J connectivity index is 1.84. The maximum Gasteiger partial charge on any atom is 0.307 e. The standard InChI is InChI=1S/C18H22FN3O4/c1-11(17(24)21-18(2,3)4)25-15(23)10-9-14-20-16(22-26-14)12-5-7-13(19)8-6-12/h5-8,11H,9-10H2,1-4H3,(H,21,24)/t11-/m1/s1. The second-order valence-corrected chi connectivity index (χ2v) is 6.89. The van der Waals surface area contributed by atoms with Crippen LogP contribution in [-0.2, 0) is 20.7 Å². The molecular weight excluding hydrogens is 341 g/mol. The summed E-state index contributed by atoms with van der Waals surface area (Å²) in [5, 5.41) is 6.54. The van der Waals surface area contributed by atoms with Gasteiger partial charge in [0.1, 0.15) is 5.82 Å². The van der Waals surface area contributed by atoms with Crippen LogP contribution in [0.1, 0.15) is 40.0 Å². The molecule has 0 aliphatic heterocycles. The maximum atomic E-state index is 12.9. The number of carbonyl (C=O) groups is 2. The van der Waals surface area contributed by atoms with Gasteiger partial charge in [-0.25, -0.2) is 4.39 Å². The number of hydrogen-bond acceptors (Lipinski definition) is 6. The molecule has 0 saturated carbocycles. The number of hydrogen-bond donors (Lipinski definition) is 1. The van der Waals surface area contributed by atoms with E-state index in [4.69, 9.17) is 9.26 Å². The first-order valence-electron chi connectivity index (χ1n) is 8.24. The van der Waals surface area contributed by atoms with E-state index >= 15 is 0 Å². The summed E-state index contributed by atoms with van der Waals surface area (Å²) >= 11 is 0. The summed E-state index contributed by atoms with van der Waals surface area (Å²) in [6.45, 7) is 7.04. The lowest BCUT2D eigenvalue weighted by Crippen LogP contribution is -2.46. The molecule has 1 atom stereocenters. The van der Waals surface area contributed by atoms with E-state index in [0.717, 1.165) is 0 Å². The van der Waals surface area contributed by atoms with E-state index in [2.05, 4.69) is 15.5 Å². The first kappa shape index (κ1) is 19.6. The molecule has 1 heterocycles. The van der Waals surface area contributed by atoms with Crippen LogP contribution in [0, 0.1) is 5.82 Å². The Morgan fingerprint density at radius 1 is 1.27 bits per heavy atom. The zero-order valence-corrected chi connectivity index (χ0v) is 15.2. The molecule has 1 aromatic heterocycles. The monoisotopic (exact) mass is 363 g/mol. The molecule has 0 aliphatic rings. The minimum atomic E-state index is -0.890. The minimum Gasteiger partial charge on any atom is -0.453 e. The Bertz CT molecular complexity index is 765. The van der Waals surface area contributed by atoms with Gasteiger partial charge >= 0.3 is 5.97 Å². The van der Waals surface area contributed by atoms with Gasteiger partial charge in [-0.3, -0.25) is 9.59 Å². The third-order valence-corrected chi connectivity index (χ3v) is 3.29. The van der Waals surface area contributed by atoms with Crippen molar-refractivity contribution in [3.05, 3.63) is 36.0 Å². The Hall–Kier alpha value is -2.77. The highest BCUT2D eigenvalue weighted by Gasteiger charge is 2.22. The minimum absolute atomic E-state index is 0.00180. The average molecular weight is 363 g/mol. The molecule has 7 nitrogen and oxygen atoms in total. The number of benzene rings is 1. The van der Waals surface area contributed by atoms with E-state index < -0.39 is 17.6 Å². The molecule has 1 N–H and O–H groups in total. The molecule has 2 rings (SSSR count). The molecular formula is C18H22FN3O4. The van der Waals surface area contributed by atoms with Gasteiger partial charge in [0.05, 0.1) is 6.42 Å². The van der Waals surface area contributed by atoms with Crippen molar-refractivity contribution in [2.75, 3.05) is 0 Å². The van der Waals surface area contributed by atoms with Crippen molar-refractivity contribution in [2.24, 2.45) is 0 Å². The Morgan fingerprint density at radius 3 is 2.54 bits per heavy atom. The summed E-state index contributed by atoms with van der Waals surface area (Å²) in [7, 11) is 0. The van der Waals surface area contributed by atoms with E-state index in [1.165, 1.54) is 31.2 Å². The average Bonchev–Trinajstić information content (AvgIpc) is 3.01. The third-order valence-electron chi connectivity index (χ3n) is 3.29. The normalized spacial score (nSPS) is 12.5. The zero-order valence-electron chi connectivity index (χ0n) is 15.2. The van der Waals surface area contributed by atoms with Gasteiger partial charge in [0, 0.05) is 17.5 Å². The largest absolute Gasteiger partial charge is 0.453 e. The van der Waals surface area contributed by atoms with Crippen molar-refractivity contribution in [1.82, 2.24) is 15.5 Å². The van der Waals surface area contributed by atoms with Crippen molar-refractivity contribution >= 4 is 11.9 Å². The molecule has 8 heteroatoms. The van der Waals surface area contributed by atoms with Crippen LogP contribution in [0.25, 0.3) is 11.4 Å². The van der Waals surface area contributed by atoms with Crippen LogP contribution in [0.4, 0.5) is 4.39 Å². The number of carbonyl (C=O) groups excluding carboxylic acids is 2. The molecule has 0 spiro atoms. The lowest BCUT2D eigenvalue weighted by molar-refractivity contribution is -0.155. The molecule has 1 amide bonds. The van der Waals surface area contributed by atoms with Gasteiger partial charge in [0.15, 0.2) is 6.10 Å². The fourth-order valence-corrected chi connectivity index (χ4v) is 2.06. The van der Waals surface area contributed by atoms with Crippen LogP contribution >= 0.6 is 0 Å². The van der Waals surface area contributed by atoms with E-state index in [1.807, 2.05) is 20.8 Å². The topological polar surface area (TPSA) is 94.3 Å². The molecule has 0 saturated heterocycles. The fraction of sp³-hybridized carbons (Fsp3) is 0.444. The Morgan fingerprint density at radius 2 is 1.92 bits per heavy atom. The Kier molecular flexibility index (Phi) is 6.07. The number of aryl methyl sites for hydroxylation is 1. The smallest absolute Gasteiger partial charge is 0.307 e. The van der Waals surface area contributed by atoms with Crippen molar-refractivity contribution in [2.45, 2.75) is 52.2 Å². The molecule has 140 valence electrons. The van der Waals surface area contributed by atoms with Gasteiger partial charge < -0.3 is 14.6 Å². The van der Waals surface area contributed by atoms with Crippen LogP contribution in [0.3, 0.4) is 0 Å². The molecule has 0 bridgehead atoms. The maximum absolute atomic E-state index is 12.9. The number of amides is 1. The first-order chi connectivity index (χ1) is 12.1. The number of ether oxygens (including phenoxy) is 1. The molecule has 2 aromatic rings. The van der Waals surface area contributed by atoms with Crippen LogP contribution < -0.4 is 5.32 Å². The van der Waals surface area contributed by atoms with Crippen LogP contribution in [0.2, 0.25) is 0 Å². The molecule has 0 radical (unpaired) electrons. The predicted molar refractivity (Wildman–Crippen MR) is 91.5 cm³/mol. The quantitative estimate of drug-likeness (QED) is 0.793. The number of esters is 1. The summed E-state index contributed by atoms with van der Waals surface area (Å²) in [6.07, 6.45) is -0.710. The summed E-state index contributed by atoms with van der Waals surface area (Å²) in [5.41, 5.74) is 0.203. The van der Waals surface area contributed by atoms with Crippen LogP contribution in [0.5, 0.6) is 0 Å². The lowest BCUT2D eigenvalue weighted by atomic mass is 10.1. The van der Waals surface area contributed by atoms with Gasteiger partial charge in [0.25, 0.3) is 5.91 Å². The fourth-order valence-electron chi connectivity index (χ4n) is 2.06. The van der Waals surface area contributed by atoms with Gasteiger partial charge in [-0.1, -0.05) is 5.16 Å². The van der Waals surface area contributed by atoms with Crippen LogP contribution in [-0.4, -0.2) is 33.7 Å². The number of aromatic nitrogens is 2. The van der Waals surface area contributed by atoms with E-state index in [9.17, 15) is 14.0 Å². The Labute approximate surface area is 150 Å². The SMILES string of the molecule is C[C@@H](OC(=O)CCc1nc(-c2ccc(F)cc2)no1)C(=O)NC(C)(C)C. The highest BCUT2D eigenvalue weighted by atomic mass is 19.1. The predicted octanol–water partition coefficient (Wildman–Crippen LogP) is 2.65. The van der Waals surface area contributed by atoms with Gasteiger partial charge in [-0.05, 0) is 52.0 Å². The number of nitrogens with one attached hydrogen (secondary N) is 1. The third kappa shape index (κ3) is 5.94. The number of rotatable bonds is 6. The number of nitrogens with zero attached hydrogens (tertiary/aromatic N) is 2. The van der Waals surface area contributed by atoms with Gasteiger partial charge in [-0.15, -0.1) is 0 Å². The number of halogens is 1. The first-order valence-corrected chi connectivity index (χ1v) is 8.24. The van der Waals surface area contributed by atoms with Crippen LogP contribution in [0.15, 0.2) is 28.8 Å². The van der Waals surface area contributed by atoms with E-state index in [-0.39, 0.29) is 30.5 Å². The summed E-state index contributed by atoms with van der Waals surface area (Å²) in [6, 6.07) is 5.67. The van der Waals surface area contributed by atoms with E-state index in [1.54, 1.807) is 0 Å². The lowest BCUT2D eigenvalue weighted by Gasteiger charge is -2.23. The van der Waals surface area contributed by atoms with Gasteiger partial charge in [0.2, 0.25) is 11.7 Å². The highest BCUT2D eigenvalue weighted by molar-refractivity contribution is 5.83. The molecule has 0 fully saturated rings. The van der Waals surface area contributed by atoms with Crippen molar-refractivity contribution < 1.29 is 23.2 Å². The molecule has 1 aromatic carbocycles.